The van der Waals surface area contributed by atoms with Crippen LogP contribution in [-0.2, 0) is 11.4 Å². The Kier molecular flexibility index (Phi) is 8.67. The minimum absolute atomic E-state index is 0.172. The van der Waals surface area contributed by atoms with Gasteiger partial charge in [0.15, 0.2) is 0 Å². The molecule has 0 aliphatic rings. The van der Waals surface area contributed by atoms with Crippen LogP contribution < -0.4 is 19.5 Å². The highest BCUT2D eigenvalue weighted by Gasteiger charge is 2.16. The number of amides is 1. The Balaban J connectivity index is 1.87. The highest BCUT2D eigenvalue weighted by atomic mass is 35.5. The van der Waals surface area contributed by atoms with Crippen LogP contribution in [-0.4, -0.2) is 20.1 Å². The van der Waals surface area contributed by atoms with Crippen molar-refractivity contribution >= 4 is 52.5 Å². The van der Waals surface area contributed by atoms with Crippen molar-refractivity contribution in [3.05, 3.63) is 86.4 Å². The topological polar surface area (TPSA) is 80.6 Å². The first-order valence-corrected chi connectivity index (χ1v) is 11.0. The molecule has 0 aromatic heterocycles. The van der Waals surface area contributed by atoms with Gasteiger partial charge in [0, 0.05) is 27.7 Å². The van der Waals surface area contributed by atoms with E-state index in [4.69, 9.17) is 49.0 Å². The van der Waals surface area contributed by atoms with Gasteiger partial charge in [-0.25, -0.2) is 0 Å². The largest absolute Gasteiger partial charge is 0.495 e. The molecule has 0 bridgehead atoms. The second-order valence-electron chi connectivity index (χ2n) is 6.91. The Hall–Kier alpha value is -3.37. The summed E-state index contributed by atoms with van der Waals surface area (Å²) in [7, 11) is 2.88. The third-order valence-corrected chi connectivity index (χ3v) is 5.45. The van der Waals surface area contributed by atoms with Gasteiger partial charge in [-0.05, 0) is 42.0 Å². The van der Waals surface area contributed by atoms with Crippen molar-refractivity contribution in [3.8, 4) is 23.3 Å². The number of carbonyl (C=O) groups excluding carboxylic acids is 1. The first kappa shape index (κ1) is 25.3. The number of nitriles is 1. The second-order valence-corrected chi connectivity index (χ2v) is 8.19. The first-order valence-electron chi connectivity index (χ1n) is 9.86. The Labute approximate surface area is 212 Å². The number of nitrogens with zero attached hydrogens (tertiary/aromatic N) is 1. The number of carbonyl (C=O) groups is 1. The molecule has 0 saturated carbocycles. The number of halogens is 3. The molecule has 0 saturated heterocycles. The van der Waals surface area contributed by atoms with E-state index >= 15 is 0 Å². The Bertz CT molecular complexity index is 1270. The molecule has 1 N–H and O–H groups in total. The van der Waals surface area contributed by atoms with E-state index in [-0.39, 0.29) is 12.2 Å². The van der Waals surface area contributed by atoms with Gasteiger partial charge < -0.3 is 19.5 Å². The summed E-state index contributed by atoms with van der Waals surface area (Å²) >= 11 is 18.2. The number of hydrogen-bond acceptors (Lipinski definition) is 5. The summed E-state index contributed by atoms with van der Waals surface area (Å²) in [6.07, 6.45) is 1.40. The van der Waals surface area contributed by atoms with Gasteiger partial charge in [0.25, 0.3) is 5.91 Å². The van der Waals surface area contributed by atoms with Crippen molar-refractivity contribution in [2.75, 3.05) is 19.5 Å². The van der Waals surface area contributed by atoms with Gasteiger partial charge in [-0.2, -0.15) is 5.26 Å². The lowest BCUT2D eigenvalue weighted by Gasteiger charge is -2.13. The quantitative estimate of drug-likeness (QED) is 0.263. The Morgan fingerprint density at radius 2 is 1.62 bits per heavy atom. The standard InChI is InChI=1S/C25H19Cl3N2O4/c1-32-23-12-21(24(33-2)11-20(23)28)30-25(31)17(13-29)9-16-10-19(27)7-8-22(16)34-14-15-3-5-18(26)6-4-15/h3-12H,14H2,1-2H3,(H,30,31)/b17-9+. The van der Waals surface area contributed by atoms with Gasteiger partial charge in [0.05, 0.1) is 24.9 Å². The summed E-state index contributed by atoms with van der Waals surface area (Å²) in [6.45, 7) is 0.259. The van der Waals surface area contributed by atoms with Gasteiger partial charge in [-0.3, -0.25) is 4.79 Å². The summed E-state index contributed by atoms with van der Waals surface area (Å²) in [6, 6.07) is 17.1. The molecule has 0 atom stereocenters. The van der Waals surface area contributed by atoms with E-state index in [1.54, 1.807) is 30.3 Å². The van der Waals surface area contributed by atoms with Gasteiger partial charge in [0.1, 0.15) is 35.5 Å². The van der Waals surface area contributed by atoms with Crippen LogP contribution in [0.15, 0.2) is 60.2 Å². The summed E-state index contributed by atoms with van der Waals surface area (Å²) in [4.78, 5) is 12.9. The zero-order valence-corrected chi connectivity index (χ0v) is 20.5. The molecule has 9 heteroatoms. The molecular formula is C25H19Cl3N2O4. The molecule has 0 unspecified atom stereocenters. The fourth-order valence-corrected chi connectivity index (χ4v) is 3.49. The van der Waals surface area contributed by atoms with Crippen LogP contribution in [0, 0.1) is 11.3 Å². The lowest BCUT2D eigenvalue weighted by Crippen LogP contribution is -2.14. The van der Waals surface area contributed by atoms with E-state index in [9.17, 15) is 10.1 Å². The van der Waals surface area contributed by atoms with Gasteiger partial charge >= 0.3 is 0 Å². The van der Waals surface area contributed by atoms with Crippen LogP contribution >= 0.6 is 34.8 Å². The molecule has 0 spiro atoms. The Morgan fingerprint density at radius 1 is 0.941 bits per heavy atom. The number of hydrogen-bond donors (Lipinski definition) is 1. The van der Waals surface area contributed by atoms with Crippen molar-refractivity contribution in [2.24, 2.45) is 0 Å². The lowest BCUT2D eigenvalue weighted by molar-refractivity contribution is -0.112. The second kappa shape index (κ2) is 11.7. The number of nitrogens with one attached hydrogen (secondary N) is 1. The molecule has 174 valence electrons. The fraction of sp³-hybridized carbons (Fsp3) is 0.120. The SMILES string of the molecule is COc1cc(NC(=O)/C(C#N)=C/c2cc(Cl)ccc2OCc2ccc(Cl)cc2)c(OC)cc1Cl. The minimum atomic E-state index is -0.659. The van der Waals surface area contributed by atoms with Gasteiger partial charge in [0.2, 0.25) is 0 Å². The molecule has 3 aromatic carbocycles. The van der Waals surface area contributed by atoms with Crippen molar-refractivity contribution in [3.63, 3.8) is 0 Å². The normalized spacial score (nSPS) is 10.9. The van der Waals surface area contributed by atoms with Crippen LogP contribution in [0.1, 0.15) is 11.1 Å². The molecule has 6 nitrogen and oxygen atoms in total. The molecule has 0 radical (unpaired) electrons. The van der Waals surface area contributed by atoms with Crippen LogP contribution in [0.4, 0.5) is 5.69 Å². The van der Waals surface area contributed by atoms with E-state index in [2.05, 4.69) is 5.32 Å². The number of ether oxygens (including phenoxy) is 3. The molecule has 3 rings (SSSR count). The summed E-state index contributed by atoms with van der Waals surface area (Å²) < 4.78 is 16.4. The third-order valence-electron chi connectivity index (χ3n) is 4.67. The smallest absolute Gasteiger partial charge is 0.266 e. The average molecular weight is 518 g/mol. The van der Waals surface area contributed by atoms with Gasteiger partial charge in [-0.15, -0.1) is 0 Å². The maximum Gasteiger partial charge on any atom is 0.266 e. The van der Waals surface area contributed by atoms with E-state index in [0.29, 0.717) is 43.6 Å². The first-order chi connectivity index (χ1) is 16.3. The molecule has 0 aliphatic carbocycles. The van der Waals surface area contributed by atoms with Crippen LogP contribution in [0.5, 0.6) is 17.2 Å². The van der Waals surface area contributed by atoms with Crippen LogP contribution in [0.3, 0.4) is 0 Å². The van der Waals surface area contributed by atoms with E-state index < -0.39 is 5.91 Å². The third kappa shape index (κ3) is 6.36. The van der Waals surface area contributed by atoms with Gasteiger partial charge in [-0.1, -0.05) is 46.9 Å². The molecular weight excluding hydrogens is 499 g/mol. The molecule has 34 heavy (non-hydrogen) atoms. The molecule has 0 fully saturated rings. The summed E-state index contributed by atoms with van der Waals surface area (Å²) in [5, 5.41) is 13.7. The van der Waals surface area contributed by atoms with E-state index in [1.807, 2.05) is 18.2 Å². The monoisotopic (exact) mass is 516 g/mol. The van der Waals surface area contributed by atoms with Crippen LogP contribution in [0.25, 0.3) is 6.08 Å². The average Bonchev–Trinajstić information content (AvgIpc) is 2.83. The van der Waals surface area contributed by atoms with Crippen molar-refractivity contribution < 1.29 is 19.0 Å². The maximum atomic E-state index is 12.9. The molecule has 1 amide bonds. The van der Waals surface area contributed by atoms with Crippen molar-refractivity contribution in [2.45, 2.75) is 6.61 Å². The minimum Gasteiger partial charge on any atom is -0.495 e. The number of methoxy groups -OCH3 is 2. The molecule has 0 heterocycles. The maximum absolute atomic E-state index is 12.9. The summed E-state index contributed by atoms with van der Waals surface area (Å²) in [5.74, 6) is 0.443. The fourth-order valence-electron chi connectivity index (χ4n) is 2.96. The predicted octanol–water partition coefficient (Wildman–Crippen LogP) is 6.79. The molecule has 3 aromatic rings. The number of rotatable bonds is 8. The highest BCUT2D eigenvalue weighted by Crippen LogP contribution is 2.36. The van der Waals surface area contributed by atoms with Crippen molar-refractivity contribution in [1.29, 1.82) is 5.26 Å². The van der Waals surface area contributed by atoms with Crippen LogP contribution in [0.2, 0.25) is 15.1 Å². The summed E-state index contributed by atoms with van der Waals surface area (Å²) in [5.41, 5.74) is 1.49. The highest BCUT2D eigenvalue weighted by molar-refractivity contribution is 6.32. The van der Waals surface area contributed by atoms with E-state index in [0.717, 1.165) is 5.56 Å². The number of benzene rings is 3. The van der Waals surface area contributed by atoms with E-state index in [1.165, 1.54) is 32.4 Å². The number of anilines is 1. The van der Waals surface area contributed by atoms with Crippen molar-refractivity contribution in [1.82, 2.24) is 0 Å². The molecule has 0 aliphatic heterocycles. The predicted molar refractivity (Wildman–Crippen MR) is 134 cm³/mol. The zero-order valence-electron chi connectivity index (χ0n) is 18.2. The lowest BCUT2D eigenvalue weighted by atomic mass is 10.1. The zero-order chi connectivity index (χ0) is 24.7. The Morgan fingerprint density at radius 3 is 2.26 bits per heavy atom.